The Balaban J connectivity index is 1.65. The Labute approximate surface area is 135 Å². The van der Waals surface area contributed by atoms with Gasteiger partial charge < -0.3 is 5.32 Å². The van der Waals surface area contributed by atoms with Crippen LogP contribution in [0.3, 0.4) is 0 Å². The van der Waals surface area contributed by atoms with Gasteiger partial charge in [-0.3, -0.25) is 14.0 Å². The first-order chi connectivity index (χ1) is 10.7. The highest BCUT2D eigenvalue weighted by molar-refractivity contribution is 8.00. The summed E-state index contributed by atoms with van der Waals surface area (Å²) in [6.45, 7) is 1.99. The number of hydrogen-bond acceptors (Lipinski definition) is 5. The van der Waals surface area contributed by atoms with Crippen LogP contribution in [0.4, 0.5) is 5.69 Å². The van der Waals surface area contributed by atoms with Crippen LogP contribution in [0.2, 0.25) is 0 Å². The van der Waals surface area contributed by atoms with E-state index in [1.165, 1.54) is 23.1 Å². The summed E-state index contributed by atoms with van der Waals surface area (Å²) in [6, 6.07) is 7.61. The minimum atomic E-state index is -0.123. The van der Waals surface area contributed by atoms with Gasteiger partial charge in [-0.1, -0.05) is 29.5 Å². The summed E-state index contributed by atoms with van der Waals surface area (Å²) < 4.78 is 1.73. The molecule has 3 aromatic rings. The largest absolute Gasteiger partial charge is 0.325 e. The van der Waals surface area contributed by atoms with Crippen LogP contribution >= 0.6 is 23.1 Å². The van der Waals surface area contributed by atoms with Crippen molar-refractivity contribution >= 4 is 45.9 Å². The van der Waals surface area contributed by atoms with Crippen LogP contribution in [-0.2, 0) is 4.79 Å². The van der Waals surface area contributed by atoms with Gasteiger partial charge in [-0.2, -0.15) is 0 Å². The second-order valence-corrected chi connectivity index (χ2v) is 6.52. The predicted octanol–water partition coefficient (Wildman–Crippen LogP) is 3.25. The average Bonchev–Trinajstić information content (AvgIpc) is 3.07. The van der Waals surface area contributed by atoms with Gasteiger partial charge >= 0.3 is 0 Å². The normalized spacial score (nSPS) is 10.8. The van der Waals surface area contributed by atoms with Crippen LogP contribution in [0.25, 0.3) is 4.96 Å². The summed E-state index contributed by atoms with van der Waals surface area (Å²) >= 11 is 2.72. The molecule has 5 nitrogen and oxygen atoms in total. The molecule has 0 radical (unpaired) electrons. The molecule has 0 unspecified atom stereocenters. The molecule has 0 atom stereocenters. The van der Waals surface area contributed by atoms with Crippen molar-refractivity contribution in [3.63, 3.8) is 0 Å². The Bertz CT molecular complexity index is 821. The van der Waals surface area contributed by atoms with E-state index < -0.39 is 0 Å². The van der Waals surface area contributed by atoms with Crippen molar-refractivity contribution in [2.45, 2.75) is 11.9 Å². The van der Waals surface area contributed by atoms with Gasteiger partial charge in [-0.15, -0.1) is 11.3 Å². The average molecular weight is 331 g/mol. The zero-order chi connectivity index (χ0) is 15.5. The molecule has 0 bridgehead atoms. The number of aryl methyl sites for hydroxylation is 1. The Kier molecular flexibility index (Phi) is 4.26. The molecule has 0 spiro atoms. The van der Waals surface area contributed by atoms with E-state index in [2.05, 4.69) is 10.3 Å². The molecule has 1 amide bonds. The molecule has 2 heterocycles. The first kappa shape index (κ1) is 14.8. The molecular weight excluding hydrogens is 318 g/mol. The zero-order valence-electron chi connectivity index (χ0n) is 11.8. The van der Waals surface area contributed by atoms with Crippen molar-refractivity contribution < 1.29 is 9.59 Å². The topological polar surface area (TPSA) is 63.5 Å². The minimum Gasteiger partial charge on any atom is -0.325 e. The quantitative estimate of drug-likeness (QED) is 0.576. The van der Waals surface area contributed by atoms with Crippen molar-refractivity contribution in [3.8, 4) is 0 Å². The van der Waals surface area contributed by atoms with E-state index in [0.717, 1.165) is 22.5 Å². The van der Waals surface area contributed by atoms with Gasteiger partial charge in [0.2, 0.25) is 5.91 Å². The van der Waals surface area contributed by atoms with Crippen molar-refractivity contribution in [1.29, 1.82) is 0 Å². The van der Waals surface area contributed by atoms with Gasteiger partial charge in [0.15, 0.2) is 11.2 Å². The Morgan fingerprint density at radius 1 is 1.41 bits per heavy atom. The summed E-state index contributed by atoms with van der Waals surface area (Å²) in [6.07, 6.45) is 2.57. The number of hydrogen-bond donors (Lipinski definition) is 1. The number of fused-ring (bicyclic) bond motifs is 1. The number of thiazole rings is 1. The monoisotopic (exact) mass is 331 g/mol. The van der Waals surface area contributed by atoms with E-state index in [1.54, 1.807) is 10.6 Å². The van der Waals surface area contributed by atoms with Crippen molar-refractivity contribution in [3.05, 3.63) is 47.1 Å². The number of thioether (sulfide) groups is 1. The molecule has 0 saturated carbocycles. The molecule has 22 heavy (non-hydrogen) atoms. The number of aldehydes is 1. The van der Waals surface area contributed by atoms with Crippen molar-refractivity contribution in [1.82, 2.24) is 9.38 Å². The first-order valence-electron chi connectivity index (χ1n) is 6.57. The molecule has 0 saturated heterocycles. The number of carbonyl (C=O) groups excluding carboxylic acids is 2. The molecule has 112 valence electrons. The van der Waals surface area contributed by atoms with Crippen LogP contribution in [-0.4, -0.2) is 27.3 Å². The number of anilines is 1. The fraction of sp³-hybridized carbons (Fsp3) is 0.133. The molecule has 0 aliphatic rings. The van der Waals surface area contributed by atoms with Gasteiger partial charge in [0, 0.05) is 17.3 Å². The van der Waals surface area contributed by atoms with Crippen LogP contribution in [0.15, 0.2) is 40.9 Å². The molecule has 0 aliphatic heterocycles. The maximum Gasteiger partial charge on any atom is 0.234 e. The number of amides is 1. The van der Waals surface area contributed by atoms with Gasteiger partial charge in [-0.05, 0) is 19.1 Å². The fourth-order valence-corrected chi connectivity index (χ4v) is 3.53. The lowest BCUT2D eigenvalue weighted by Gasteiger charge is -2.04. The molecular formula is C15H13N3O2S2. The van der Waals surface area contributed by atoms with E-state index in [4.69, 9.17) is 0 Å². The lowest BCUT2D eigenvalue weighted by atomic mass is 10.2. The molecule has 1 N–H and O–H groups in total. The number of aromatic nitrogens is 2. The number of imidazole rings is 1. The van der Waals surface area contributed by atoms with E-state index in [0.29, 0.717) is 10.7 Å². The van der Waals surface area contributed by atoms with Crippen LogP contribution in [0.5, 0.6) is 0 Å². The number of nitrogens with zero attached hydrogens (tertiary/aromatic N) is 2. The summed E-state index contributed by atoms with van der Waals surface area (Å²) in [4.78, 5) is 28.3. The number of carbonyl (C=O) groups is 2. The Morgan fingerprint density at radius 2 is 2.18 bits per heavy atom. The highest BCUT2D eigenvalue weighted by atomic mass is 32.2. The van der Waals surface area contributed by atoms with E-state index in [9.17, 15) is 9.59 Å². The molecule has 0 aliphatic carbocycles. The second kappa shape index (κ2) is 6.33. The summed E-state index contributed by atoms with van der Waals surface area (Å²) in [5.41, 5.74) is 2.39. The van der Waals surface area contributed by atoms with Crippen molar-refractivity contribution in [2.75, 3.05) is 11.1 Å². The van der Waals surface area contributed by atoms with Gasteiger partial charge in [0.25, 0.3) is 0 Å². The number of rotatable bonds is 5. The third-order valence-corrected chi connectivity index (χ3v) is 4.79. The first-order valence-corrected chi connectivity index (χ1v) is 8.44. The number of benzene rings is 1. The lowest BCUT2D eigenvalue weighted by molar-refractivity contribution is -0.113. The SMILES string of the molecule is Cc1ccc(NC(=O)CSc2nc3sccn3c2C=O)cc1. The molecule has 3 rings (SSSR count). The Morgan fingerprint density at radius 3 is 2.91 bits per heavy atom. The molecule has 1 aromatic carbocycles. The second-order valence-electron chi connectivity index (χ2n) is 4.68. The molecule has 0 fully saturated rings. The lowest BCUT2D eigenvalue weighted by Crippen LogP contribution is -2.14. The Hall–Kier alpha value is -2.12. The predicted molar refractivity (Wildman–Crippen MR) is 89.0 cm³/mol. The van der Waals surface area contributed by atoms with Crippen molar-refractivity contribution in [2.24, 2.45) is 0 Å². The zero-order valence-corrected chi connectivity index (χ0v) is 13.4. The third-order valence-electron chi connectivity index (χ3n) is 3.05. The molecule has 7 heteroatoms. The van der Waals surface area contributed by atoms with E-state index in [1.807, 2.05) is 36.6 Å². The fourth-order valence-electron chi connectivity index (χ4n) is 1.96. The number of nitrogens with one attached hydrogen (secondary N) is 1. The van der Waals surface area contributed by atoms with E-state index in [-0.39, 0.29) is 11.7 Å². The smallest absolute Gasteiger partial charge is 0.234 e. The molecule has 2 aromatic heterocycles. The highest BCUT2D eigenvalue weighted by Crippen LogP contribution is 2.24. The maximum atomic E-state index is 12.0. The maximum absolute atomic E-state index is 12.0. The van der Waals surface area contributed by atoms with Gasteiger partial charge in [-0.25, -0.2) is 4.98 Å². The summed E-state index contributed by atoms with van der Waals surface area (Å²) in [7, 11) is 0. The third kappa shape index (κ3) is 3.05. The van der Waals surface area contributed by atoms with Crippen LogP contribution in [0.1, 0.15) is 16.1 Å². The van der Waals surface area contributed by atoms with Gasteiger partial charge in [0.1, 0.15) is 10.7 Å². The van der Waals surface area contributed by atoms with Crippen LogP contribution < -0.4 is 5.32 Å². The van der Waals surface area contributed by atoms with Gasteiger partial charge in [0.05, 0.1) is 5.75 Å². The summed E-state index contributed by atoms with van der Waals surface area (Å²) in [5.74, 6) is 0.0848. The van der Waals surface area contributed by atoms with Crippen LogP contribution in [0, 0.1) is 6.92 Å². The summed E-state index contributed by atoms with van der Waals surface area (Å²) in [5, 5.41) is 5.28. The standard InChI is InChI=1S/C15H13N3O2S2/c1-10-2-4-11(5-3-10)16-13(20)9-22-14-12(8-19)18-6-7-21-15(18)17-14/h2-8H,9H2,1H3,(H,16,20). The highest BCUT2D eigenvalue weighted by Gasteiger charge is 2.14. The van der Waals surface area contributed by atoms with E-state index >= 15 is 0 Å². The minimum absolute atomic E-state index is 0.123.